The summed E-state index contributed by atoms with van der Waals surface area (Å²) in [6.45, 7) is 2.29. The van der Waals surface area contributed by atoms with Crippen molar-refractivity contribution >= 4 is 0 Å². The van der Waals surface area contributed by atoms with Gasteiger partial charge >= 0.3 is 18.9 Å². The third kappa shape index (κ3) is 33.4. The van der Waals surface area contributed by atoms with Crippen LogP contribution in [0.3, 0.4) is 0 Å². The van der Waals surface area contributed by atoms with Crippen LogP contribution in [-0.4, -0.2) is 51.1 Å². The van der Waals surface area contributed by atoms with Crippen molar-refractivity contribution in [1.29, 1.82) is 0 Å². The molecule has 0 aromatic rings. The Labute approximate surface area is 184 Å². The summed E-state index contributed by atoms with van der Waals surface area (Å²) in [7, 11) is 8.35. The van der Waals surface area contributed by atoms with Gasteiger partial charge in [0.25, 0.3) is 0 Å². The van der Waals surface area contributed by atoms with E-state index < -0.39 is 0 Å². The van der Waals surface area contributed by atoms with Gasteiger partial charge in [0.05, 0.1) is 0 Å². The molecule has 2 aliphatic rings. The minimum absolute atomic E-state index is 0. The van der Waals surface area contributed by atoms with Crippen LogP contribution in [0.5, 0.6) is 0 Å². The fraction of sp³-hybridized carbons (Fsp3) is 0.333. The standard InChI is InChI=1S/C6H16N2.2C5H5.2CH3.Er.Li/c1-7(2)5-6-8(3)4;2*1-2-4-5-3-1;;;;/h5-6H2,1-4H3;2*1-5H;2*1H3;;/q;;;2*-1;;+1. The van der Waals surface area contributed by atoms with Crippen LogP contribution < -0.4 is 18.9 Å². The monoisotopic (exact) mass is 449 g/mol. The van der Waals surface area contributed by atoms with Gasteiger partial charge in [0.2, 0.25) is 0 Å². The third-order valence-electron chi connectivity index (χ3n) is 2.11. The number of nitrogens with zero attached hydrogens (tertiary/aromatic N) is 2. The summed E-state index contributed by atoms with van der Waals surface area (Å²) in [5.41, 5.74) is 0. The molecule has 2 nitrogen and oxygen atoms in total. The summed E-state index contributed by atoms with van der Waals surface area (Å²) >= 11 is 0. The molecule has 10 radical (unpaired) electrons. The first-order valence-electron chi connectivity index (χ1n) is 6.25. The first-order valence-corrected chi connectivity index (χ1v) is 6.25. The van der Waals surface area contributed by atoms with Gasteiger partial charge in [0.15, 0.2) is 0 Å². The topological polar surface area (TPSA) is 6.48 Å². The van der Waals surface area contributed by atoms with E-state index in [0.29, 0.717) is 0 Å². The number of hydrogen-bond acceptors (Lipinski definition) is 2. The molecule has 22 heavy (non-hydrogen) atoms. The van der Waals surface area contributed by atoms with Gasteiger partial charge in [-0.2, -0.15) is 0 Å². The van der Waals surface area contributed by atoms with Crippen molar-refractivity contribution in [3.8, 4) is 0 Å². The SMILES string of the molecule is CN(C)CCN(C)C.[CH3-].[CH3-].[CH]1[CH][CH][CH][CH]1.[CH]1[CH][CH][CH][CH]1.[Er].[Li+]. The van der Waals surface area contributed by atoms with E-state index in [1.54, 1.807) is 0 Å². The van der Waals surface area contributed by atoms with Crippen molar-refractivity contribution in [2.45, 2.75) is 0 Å². The van der Waals surface area contributed by atoms with Crippen molar-refractivity contribution in [1.82, 2.24) is 9.80 Å². The van der Waals surface area contributed by atoms with Crippen LogP contribution >= 0.6 is 0 Å². The predicted molar refractivity (Wildman–Crippen MR) is 92.9 cm³/mol. The van der Waals surface area contributed by atoms with Crippen molar-refractivity contribution in [3.05, 3.63) is 79.1 Å². The van der Waals surface area contributed by atoms with Crippen LogP contribution in [0.4, 0.5) is 0 Å². The van der Waals surface area contributed by atoms with E-state index in [-0.39, 0.29) is 71.0 Å². The minimum atomic E-state index is 0. The summed E-state index contributed by atoms with van der Waals surface area (Å²) in [5.74, 6) is 0. The first kappa shape index (κ1) is 35.0. The second kappa shape index (κ2) is 27.6. The Balaban J connectivity index is -0.0000000617. The molecule has 0 unspecified atom stereocenters. The summed E-state index contributed by atoms with van der Waals surface area (Å²) in [4.78, 5) is 4.36. The fourth-order valence-corrected chi connectivity index (χ4v) is 1.04. The summed E-state index contributed by atoms with van der Waals surface area (Å²) < 4.78 is 0. The zero-order valence-corrected chi connectivity index (χ0v) is 17.2. The average molecular weight is 451 g/mol. The van der Waals surface area contributed by atoms with E-state index in [2.05, 4.69) is 38.0 Å². The molecule has 0 saturated heterocycles. The molecular formula is C18H32ErLiN2-. The molecule has 2 fully saturated rings. The maximum Gasteiger partial charge on any atom is 1.00 e. The summed E-state index contributed by atoms with van der Waals surface area (Å²) in [5, 5.41) is 0. The van der Waals surface area contributed by atoms with Gasteiger partial charge in [-0.15, -0.1) is 0 Å². The van der Waals surface area contributed by atoms with Crippen molar-refractivity contribution in [3.63, 3.8) is 0 Å². The molecule has 2 rings (SSSR count). The van der Waals surface area contributed by atoms with Crippen LogP contribution in [0.15, 0.2) is 0 Å². The van der Waals surface area contributed by atoms with Crippen LogP contribution in [0, 0.1) is 116 Å². The van der Waals surface area contributed by atoms with Gasteiger partial charge in [-0.05, 0) is 92.4 Å². The van der Waals surface area contributed by atoms with Gasteiger partial charge < -0.3 is 24.7 Å². The molecule has 4 heteroatoms. The van der Waals surface area contributed by atoms with Gasteiger partial charge in [0.1, 0.15) is 0 Å². The Morgan fingerprint density at radius 3 is 0.727 bits per heavy atom. The van der Waals surface area contributed by atoms with E-state index in [4.69, 9.17) is 0 Å². The fourth-order valence-electron chi connectivity index (χ4n) is 1.04. The molecule has 0 N–H and O–H groups in total. The minimum Gasteiger partial charge on any atom is -0.358 e. The van der Waals surface area contributed by atoms with Gasteiger partial charge in [-0.3, -0.25) is 0 Å². The number of rotatable bonds is 3. The molecule has 0 bridgehead atoms. The number of likely N-dealkylation sites (N-methyl/N-ethyl adjacent to an activating group) is 2. The van der Waals surface area contributed by atoms with E-state index in [0.717, 1.165) is 13.1 Å². The van der Waals surface area contributed by atoms with E-state index in [1.807, 2.05) is 64.2 Å². The molecule has 0 amide bonds. The third-order valence-corrected chi connectivity index (χ3v) is 2.11. The molecule has 128 valence electrons. The Morgan fingerprint density at radius 2 is 0.636 bits per heavy atom. The smallest absolute Gasteiger partial charge is 0.358 e. The molecule has 2 aliphatic carbocycles. The van der Waals surface area contributed by atoms with E-state index in [1.165, 1.54) is 0 Å². The van der Waals surface area contributed by atoms with Gasteiger partial charge in [-0.25, -0.2) is 0 Å². The molecule has 0 aliphatic heterocycles. The van der Waals surface area contributed by atoms with Crippen molar-refractivity contribution in [2.24, 2.45) is 0 Å². The van der Waals surface area contributed by atoms with Gasteiger partial charge in [0, 0.05) is 50.4 Å². The molecule has 0 aromatic carbocycles. The predicted octanol–water partition coefficient (Wildman–Crippen LogP) is 0.0571. The van der Waals surface area contributed by atoms with Crippen molar-refractivity contribution < 1.29 is 56.2 Å². The molecule has 2 saturated carbocycles. The Kier molecular flexibility index (Phi) is 43.9. The quantitative estimate of drug-likeness (QED) is 0.443. The Bertz CT molecular complexity index is 126. The zero-order valence-electron chi connectivity index (χ0n) is 15.4. The molecule has 0 spiro atoms. The Morgan fingerprint density at radius 1 is 0.500 bits per heavy atom. The van der Waals surface area contributed by atoms with Crippen molar-refractivity contribution in [2.75, 3.05) is 41.3 Å². The van der Waals surface area contributed by atoms with Crippen LogP contribution in [0.25, 0.3) is 0 Å². The van der Waals surface area contributed by atoms with Crippen LogP contribution in [-0.2, 0) is 0 Å². The Hall–Kier alpha value is 1.76. The normalized spacial score (nSPS) is 15.0. The van der Waals surface area contributed by atoms with E-state index >= 15 is 0 Å². The molecule has 0 heterocycles. The maximum absolute atomic E-state index is 2.18. The first-order chi connectivity index (χ1) is 8.63. The average Bonchev–Trinajstić information content (AvgIpc) is 3.03. The van der Waals surface area contributed by atoms with Gasteiger partial charge in [-0.1, -0.05) is 0 Å². The summed E-state index contributed by atoms with van der Waals surface area (Å²) in [6.07, 6.45) is 20.0. The second-order valence-corrected chi connectivity index (χ2v) is 4.53. The number of hydrogen-bond donors (Lipinski definition) is 0. The molecular weight excluding hydrogens is 418 g/mol. The zero-order chi connectivity index (χ0) is 13.6. The second-order valence-electron chi connectivity index (χ2n) is 4.53. The molecule has 0 aromatic heterocycles. The van der Waals surface area contributed by atoms with Crippen LogP contribution in [0.1, 0.15) is 0 Å². The van der Waals surface area contributed by atoms with Crippen LogP contribution in [0.2, 0.25) is 0 Å². The maximum atomic E-state index is 2.18. The largest absolute Gasteiger partial charge is 1.00 e. The molecule has 0 atom stereocenters. The van der Waals surface area contributed by atoms with E-state index in [9.17, 15) is 0 Å². The summed E-state index contributed by atoms with van der Waals surface area (Å²) in [6, 6.07) is 0.